The Morgan fingerprint density at radius 2 is 1.75 bits per heavy atom. The maximum Gasteiger partial charge on any atom is 0.253 e. The highest BCUT2D eigenvalue weighted by Crippen LogP contribution is 2.50. The Kier molecular flexibility index (Phi) is 6.83. The van der Waals surface area contributed by atoms with E-state index in [1.165, 1.54) is 0 Å². The maximum absolute atomic E-state index is 14.2. The van der Waals surface area contributed by atoms with Crippen LogP contribution in [-0.4, -0.2) is 27.4 Å². The van der Waals surface area contributed by atoms with Crippen molar-refractivity contribution in [2.24, 2.45) is 0 Å². The number of rotatable bonds is 4. The lowest BCUT2D eigenvalue weighted by atomic mass is 9.76. The fourth-order valence-corrected chi connectivity index (χ4v) is 6.02. The van der Waals surface area contributed by atoms with Crippen LogP contribution in [-0.2, 0) is 0 Å². The number of aryl methyl sites for hydroxylation is 1. The first kappa shape index (κ1) is 26.8. The third-order valence-corrected chi connectivity index (χ3v) is 8.43. The molecule has 0 bridgehead atoms. The minimum absolute atomic E-state index is 0.164. The summed E-state index contributed by atoms with van der Waals surface area (Å²) < 4.78 is 34.9. The van der Waals surface area contributed by atoms with E-state index in [2.05, 4.69) is 10.3 Å². The molecule has 1 saturated carbocycles. The Balaban J connectivity index is 1.50. The average molecular weight is 582 g/mol. The van der Waals surface area contributed by atoms with Crippen LogP contribution in [0.3, 0.4) is 0 Å². The topological polar surface area (TPSA) is 67.0 Å². The van der Waals surface area contributed by atoms with Crippen LogP contribution in [0.4, 0.5) is 8.78 Å². The molecule has 1 spiro atoms. The van der Waals surface area contributed by atoms with E-state index in [-0.39, 0.29) is 31.6 Å². The number of fused-ring (bicyclic) bond motifs is 1. The van der Waals surface area contributed by atoms with Crippen LogP contribution in [0.5, 0.6) is 5.88 Å². The van der Waals surface area contributed by atoms with Gasteiger partial charge >= 0.3 is 0 Å². The second-order valence-corrected chi connectivity index (χ2v) is 11.6. The van der Waals surface area contributed by atoms with Gasteiger partial charge in [-0.2, -0.15) is 0 Å². The van der Waals surface area contributed by atoms with Gasteiger partial charge in [0.25, 0.3) is 5.91 Å². The number of hydrogen-bond donors (Lipinski definition) is 2. The molecular formula is C31H27Cl2F2N3O2. The zero-order valence-electron chi connectivity index (χ0n) is 21.7. The van der Waals surface area contributed by atoms with Crippen molar-refractivity contribution in [3.05, 3.63) is 93.7 Å². The molecule has 6 rings (SSSR count). The van der Waals surface area contributed by atoms with Crippen molar-refractivity contribution in [3.63, 3.8) is 0 Å². The molecule has 2 aliphatic rings. The quantitative estimate of drug-likeness (QED) is 0.253. The van der Waals surface area contributed by atoms with Gasteiger partial charge in [-0.1, -0.05) is 53.5 Å². The first-order valence-corrected chi connectivity index (χ1v) is 14.0. The van der Waals surface area contributed by atoms with Crippen LogP contribution >= 0.6 is 23.2 Å². The summed E-state index contributed by atoms with van der Waals surface area (Å²) in [7, 11) is 0. The van der Waals surface area contributed by atoms with Crippen LogP contribution < -0.4 is 10.1 Å². The van der Waals surface area contributed by atoms with E-state index in [0.29, 0.717) is 44.7 Å². The molecule has 0 unspecified atom stereocenters. The molecule has 9 heteroatoms. The Morgan fingerprint density at radius 3 is 2.42 bits per heavy atom. The number of alkyl halides is 2. The number of halogens is 4. The number of nitrogens with zero attached hydrogens (tertiary/aromatic N) is 1. The molecule has 0 saturated heterocycles. The molecule has 3 heterocycles. The SMILES string of the molecule is Cc1cc(C(=O)N[C@@H]2CC3(CCC(F)(F)CC3)Oc3nc(-c4ccccc4Cl)c(-c4ccc(Cl)cc4)cc32)c[nH]1. The van der Waals surface area contributed by atoms with Crippen molar-refractivity contribution in [1.82, 2.24) is 15.3 Å². The Hall–Kier alpha value is -3.42. The van der Waals surface area contributed by atoms with Gasteiger partial charge in [-0.05, 0) is 55.7 Å². The third kappa shape index (κ3) is 5.20. The standard InChI is InChI=1S/C31H27Cl2F2N3O2/c1-18-14-20(17-36-18)28(39)37-26-16-30(10-12-31(34,35)13-11-30)40-29-24(26)15-23(19-6-8-21(32)9-7-19)27(38-29)22-4-2-3-5-25(22)33/h2-9,14-15,17,26,36H,10-13,16H2,1H3,(H,37,39)/t26-/m1/s1. The molecule has 1 atom stereocenters. The molecule has 1 fully saturated rings. The van der Waals surface area contributed by atoms with Crippen LogP contribution in [0.25, 0.3) is 22.4 Å². The van der Waals surface area contributed by atoms with Crippen molar-refractivity contribution in [1.29, 1.82) is 0 Å². The van der Waals surface area contributed by atoms with Crippen molar-refractivity contribution in [2.75, 3.05) is 0 Å². The first-order valence-electron chi connectivity index (χ1n) is 13.2. The summed E-state index contributed by atoms with van der Waals surface area (Å²) in [6.45, 7) is 1.87. The summed E-state index contributed by atoms with van der Waals surface area (Å²) in [6, 6.07) is 18.0. The third-order valence-electron chi connectivity index (χ3n) is 7.85. The number of benzene rings is 2. The van der Waals surface area contributed by atoms with E-state index in [9.17, 15) is 13.6 Å². The van der Waals surface area contributed by atoms with Gasteiger partial charge in [-0.3, -0.25) is 4.79 Å². The summed E-state index contributed by atoms with van der Waals surface area (Å²) in [5, 5.41) is 4.25. The van der Waals surface area contributed by atoms with Gasteiger partial charge in [0.15, 0.2) is 0 Å². The lowest BCUT2D eigenvalue weighted by molar-refractivity contribution is -0.104. The summed E-state index contributed by atoms with van der Waals surface area (Å²) in [6.07, 6.45) is 1.78. The molecule has 1 aliphatic carbocycles. The number of carbonyl (C=O) groups excluding carboxylic acids is 1. The van der Waals surface area contributed by atoms with E-state index in [0.717, 1.165) is 16.8 Å². The number of hydrogen-bond acceptors (Lipinski definition) is 3. The first-order chi connectivity index (χ1) is 19.1. The predicted octanol–water partition coefficient (Wildman–Crippen LogP) is 8.56. The minimum Gasteiger partial charge on any atom is -0.471 e. The zero-order chi connectivity index (χ0) is 28.1. The Bertz CT molecular complexity index is 1580. The number of amides is 1. The molecule has 40 heavy (non-hydrogen) atoms. The monoisotopic (exact) mass is 581 g/mol. The van der Waals surface area contributed by atoms with Gasteiger partial charge in [-0.15, -0.1) is 0 Å². The van der Waals surface area contributed by atoms with Crippen LogP contribution in [0.2, 0.25) is 10.0 Å². The molecule has 1 amide bonds. The smallest absolute Gasteiger partial charge is 0.253 e. The number of carbonyl (C=O) groups is 1. The Morgan fingerprint density at radius 1 is 1.02 bits per heavy atom. The molecule has 2 aromatic heterocycles. The number of aromatic nitrogens is 2. The zero-order valence-corrected chi connectivity index (χ0v) is 23.3. The number of nitrogens with one attached hydrogen (secondary N) is 2. The maximum atomic E-state index is 14.2. The van der Waals surface area contributed by atoms with E-state index < -0.39 is 17.6 Å². The van der Waals surface area contributed by atoms with Crippen molar-refractivity contribution in [3.8, 4) is 28.3 Å². The van der Waals surface area contributed by atoms with E-state index >= 15 is 0 Å². The molecule has 2 N–H and O–H groups in total. The van der Waals surface area contributed by atoms with Gasteiger partial charge in [0.05, 0.1) is 17.3 Å². The van der Waals surface area contributed by atoms with Gasteiger partial charge in [-0.25, -0.2) is 13.8 Å². The van der Waals surface area contributed by atoms with Crippen LogP contribution in [0, 0.1) is 6.92 Å². The number of H-pyrrole nitrogens is 1. The number of pyridine rings is 1. The van der Waals surface area contributed by atoms with E-state index in [1.54, 1.807) is 30.5 Å². The molecule has 5 nitrogen and oxygen atoms in total. The number of ether oxygens (including phenoxy) is 1. The van der Waals surface area contributed by atoms with Crippen molar-refractivity contribution >= 4 is 29.1 Å². The predicted molar refractivity (Wildman–Crippen MR) is 152 cm³/mol. The average Bonchev–Trinajstić information content (AvgIpc) is 3.37. The molecule has 206 valence electrons. The molecule has 1 aliphatic heterocycles. The summed E-state index contributed by atoms with van der Waals surface area (Å²) in [5.74, 6) is -2.67. The molecule has 2 aromatic carbocycles. The van der Waals surface area contributed by atoms with Crippen LogP contribution in [0.1, 0.15) is 59.8 Å². The highest BCUT2D eigenvalue weighted by molar-refractivity contribution is 6.33. The van der Waals surface area contributed by atoms with Gasteiger partial charge in [0.2, 0.25) is 11.8 Å². The lowest BCUT2D eigenvalue weighted by Gasteiger charge is -2.45. The van der Waals surface area contributed by atoms with Gasteiger partial charge < -0.3 is 15.0 Å². The fraction of sp³-hybridized carbons (Fsp3) is 0.290. The van der Waals surface area contributed by atoms with E-state index in [1.807, 2.05) is 43.3 Å². The largest absolute Gasteiger partial charge is 0.471 e. The molecule has 4 aromatic rings. The second kappa shape index (κ2) is 10.2. The molecule has 0 radical (unpaired) electrons. The summed E-state index contributed by atoms with van der Waals surface area (Å²) in [5.41, 5.74) is 4.12. The summed E-state index contributed by atoms with van der Waals surface area (Å²) >= 11 is 12.8. The van der Waals surface area contributed by atoms with E-state index in [4.69, 9.17) is 32.9 Å². The lowest BCUT2D eigenvalue weighted by Crippen LogP contribution is -2.49. The second-order valence-electron chi connectivity index (χ2n) is 10.7. The molecular weight excluding hydrogens is 555 g/mol. The van der Waals surface area contributed by atoms with Gasteiger partial charge in [0, 0.05) is 57.9 Å². The van der Waals surface area contributed by atoms with Crippen molar-refractivity contribution < 1.29 is 18.3 Å². The van der Waals surface area contributed by atoms with Crippen molar-refractivity contribution in [2.45, 2.75) is 56.6 Å². The minimum atomic E-state index is -2.73. The Labute approximate surface area is 240 Å². The normalized spacial score (nSPS) is 19.1. The fourth-order valence-electron chi connectivity index (χ4n) is 5.67. The highest BCUT2D eigenvalue weighted by atomic mass is 35.5. The highest BCUT2D eigenvalue weighted by Gasteiger charge is 2.49. The van der Waals surface area contributed by atoms with Crippen LogP contribution in [0.15, 0.2) is 66.9 Å². The van der Waals surface area contributed by atoms with Gasteiger partial charge in [0.1, 0.15) is 5.60 Å². The summed E-state index contributed by atoms with van der Waals surface area (Å²) in [4.78, 5) is 21.3. The number of aromatic amines is 1.